The van der Waals surface area contributed by atoms with Gasteiger partial charge in [0.2, 0.25) is 0 Å². The molecule has 0 aliphatic carbocycles. The van der Waals surface area contributed by atoms with Crippen molar-refractivity contribution in [2.24, 2.45) is 4.99 Å². The Labute approximate surface area is 124 Å². The van der Waals surface area contributed by atoms with Crippen LogP contribution in [0.15, 0.2) is 4.99 Å². The third-order valence-electron chi connectivity index (χ3n) is 3.53. The molecule has 1 unspecified atom stereocenters. The number of nitrogens with one attached hydrogen (secondary N) is 1. The van der Waals surface area contributed by atoms with Gasteiger partial charge in [-0.3, -0.25) is 9.89 Å². The van der Waals surface area contributed by atoms with Gasteiger partial charge >= 0.3 is 6.18 Å². The van der Waals surface area contributed by atoms with Gasteiger partial charge in [-0.15, -0.1) is 0 Å². The lowest BCUT2D eigenvalue weighted by molar-refractivity contribution is -0.181. The van der Waals surface area contributed by atoms with Crippen molar-refractivity contribution in [3.8, 4) is 0 Å². The minimum absolute atomic E-state index is 0.384. The second-order valence-corrected chi connectivity index (χ2v) is 4.97. The van der Waals surface area contributed by atoms with Crippen LogP contribution < -0.4 is 5.32 Å². The third kappa shape index (κ3) is 5.70. The van der Waals surface area contributed by atoms with Crippen molar-refractivity contribution in [2.75, 3.05) is 53.0 Å². The number of hydrogen-bond acceptors (Lipinski definition) is 3. The summed E-state index contributed by atoms with van der Waals surface area (Å²) in [4.78, 5) is 7.88. The number of ether oxygens (including phenoxy) is 1. The smallest absolute Gasteiger partial charge is 0.383 e. The van der Waals surface area contributed by atoms with E-state index in [2.05, 4.69) is 10.3 Å². The van der Waals surface area contributed by atoms with Gasteiger partial charge in [0.25, 0.3) is 0 Å². The van der Waals surface area contributed by atoms with Gasteiger partial charge in [0.15, 0.2) is 5.96 Å². The van der Waals surface area contributed by atoms with Gasteiger partial charge in [-0.1, -0.05) is 0 Å². The molecule has 1 aliphatic heterocycles. The van der Waals surface area contributed by atoms with Gasteiger partial charge < -0.3 is 15.0 Å². The molecule has 1 atom stereocenters. The van der Waals surface area contributed by atoms with Gasteiger partial charge in [-0.25, -0.2) is 0 Å². The maximum atomic E-state index is 12.7. The number of rotatable bonds is 5. The van der Waals surface area contributed by atoms with E-state index in [1.54, 1.807) is 7.11 Å². The van der Waals surface area contributed by atoms with Crippen LogP contribution in [0, 0.1) is 0 Å². The van der Waals surface area contributed by atoms with Crippen LogP contribution in [0.4, 0.5) is 13.2 Å². The van der Waals surface area contributed by atoms with Crippen molar-refractivity contribution in [2.45, 2.75) is 26.1 Å². The molecular formula is C13H25F3N4O. The molecule has 0 radical (unpaired) electrons. The Bertz CT molecular complexity index is 328. The minimum atomic E-state index is -4.17. The minimum Gasteiger partial charge on any atom is -0.383 e. The van der Waals surface area contributed by atoms with E-state index in [4.69, 9.17) is 4.74 Å². The number of nitrogens with zero attached hydrogens (tertiary/aromatic N) is 3. The van der Waals surface area contributed by atoms with Gasteiger partial charge in [-0.05, 0) is 13.8 Å². The van der Waals surface area contributed by atoms with Crippen LogP contribution in [0.25, 0.3) is 0 Å². The Morgan fingerprint density at radius 3 is 2.38 bits per heavy atom. The molecule has 0 amide bonds. The predicted molar refractivity (Wildman–Crippen MR) is 76.5 cm³/mol. The molecule has 0 aromatic rings. The van der Waals surface area contributed by atoms with E-state index in [0.717, 1.165) is 12.5 Å². The van der Waals surface area contributed by atoms with Gasteiger partial charge in [-0.2, -0.15) is 13.2 Å². The molecular weight excluding hydrogens is 285 g/mol. The Balaban J connectivity index is 2.54. The summed E-state index contributed by atoms with van der Waals surface area (Å²) in [5, 5.41) is 3.17. The molecule has 1 heterocycles. The van der Waals surface area contributed by atoms with Crippen LogP contribution in [0.3, 0.4) is 0 Å². The first-order valence-corrected chi connectivity index (χ1v) is 7.23. The zero-order valence-corrected chi connectivity index (χ0v) is 12.9. The highest BCUT2D eigenvalue weighted by molar-refractivity contribution is 5.80. The molecule has 0 spiro atoms. The van der Waals surface area contributed by atoms with Crippen molar-refractivity contribution in [1.82, 2.24) is 15.1 Å². The summed E-state index contributed by atoms with van der Waals surface area (Å²) >= 11 is 0. The summed E-state index contributed by atoms with van der Waals surface area (Å²) in [6.07, 6.45) is -4.17. The van der Waals surface area contributed by atoms with Crippen LogP contribution in [-0.2, 0) is 4.74 Å². The Morgan fingerprint density at radius 1 is 1.29 bits per heavy atom. The molecule has 1 aliphatic rings. The fraction of sp³-hybridized carbons (Fsp3) is 0.923. The standard InChI is InChI=1S/C13H25F3N4O/c1-4-17-12(18-5-10-21-3)20-8-6-19(7-9-20)11(2)13(14,15)16/h11H,4-10H2,1-3H3,(H,17,18). The van der Waals surface area contributed by atoms with Crippen LogP contribution in [0.5, 0.6) is 0 Å². The predicted octanol–water partition coefficient (Wildman–Crippen LogP) is 1.17. The molecule has 21 heavy (non-hydrogen) atoms. The molecule has 124 valence electrons. The fourth-order valence-electron chi connectivity index (χ4n) is 2.20. The lowest BCUT2D eigenvalue weighted by atomic mass is 10.2. The van der Waals surface area contributed by atoms with Gasteiger partial charge in [0.1, 0.15) is 6.04 Å². The Morgan fingerprint density at radius 2 is 1.90 bits per heavy atom. The molecule has 0 saturated carbocycles. The highest BCUT2D eigenvalue weighted by Crippen LogP contribution is 2.25. The highest BCUT2D eigenvalue weighted by atomic mass is 19.4. The second-order valence-electron chi connectivity index (χ2n) is 4.97. The molecule has 1 saturated heterocycles. The summed E-state index contributed by atoms with van der Waals surface area (Å²) in [6.45, 7) is 6.83. The number of methoxy groups -OCH3 is 1. The largest absolute Gasteiger partial charge is 0.403 e. The molecule has 8 heteroatoms. The van der Waals surface area contributed by atoms with Crippen LogP contribution in [0.1, 0.15) is 13.8 Å². The van der Waals surface area contributed by atoms with E-state index in [0.29, 0.717) is 39.3 Å². The SMILES string of the molecule is CCNC(=NCCOC)N1CCN(C(C)C(F)(F)F)CC1. The molecule has 1 fully saturated rings. The summed E-state index contributed by atoms with van der Waals surface area (Å²) in [5.41, 5.74) is 0. The van der Waals surface area contributed by atoms with Gasteiger partial charge in [0.05, 0.1) is 13.2 Å². The number of aliphatic imine (C=N–C) groups is 1. The van der Waals surface area contributed by atoms with Crippen molar-refractivity contribution in [1.29, 1.82) is 0 Å². The highest BCUT2D eigenvalue weighted by Gasteiger charge is 2.41. The lowest BCUT2D eigenvalue weighted by Gasteiger charge is -2.39. The molecule has 5 nitrogen and oxygen atoms in total. The zero-order valence-electron chi connectivity index (χ0n) is 12.9. The quantitative estimate of drug-likeness (QED) is 0.470. The summed E-state index contributed by atoms with van der Waals surface area (Å²) in [6, 6.07) is -1.40. The number of hydrogen-bond donors (Lipinski definition) is 1. The van der Waals surface area contributed by atoms with E-state index in [1.165, 1.54) is 11.8 Å². The van der Waals surface area contributed by atoms with Crippen molar-refractivity contribution >= 4 is 5.96 Å². The number of alkyl halides is 3. The van der Waals surface area contributed by atoms with E-state index < -0.39 is 12.2 Å². The zero-order chi connectivity index (χ0) is 15.9. The van der Waals surface area contributed by atoms with Crippen LogP contribution in [-0.4, -0.2) is 81.0 Å². The molecule has 0 aromatic heterocycles. The van der Waals surface area contributed by atoms with Crippen molar-refractivity contribution in [3.63, 3.8) is 0 Å². The topological polar surface area (TPSA) is 40.1 Å². The van der Waals surface area contributed by atoms with Crippen molar-refractivity contribution < 1.29 is 17.9 Å². The molecule has 0 aromatic carbocycles. The second kappa shape index (κ2) is 8.43. The number of guanidine groups is 1. The molecule has 0 bridgehead atoms. The maximum Gasteiger partial charge on any atom is 0.403 e. The van der Waals surface area contributed by atoms with E-state index in [9.17, 15) is 13.2 Å². The fourth-order valence-corrected chi connectivity index (χ4v) is 2.20. The number of halogens is 3. The monoisotopic (exact) mass is 310 g/mol. The molecule has 1 rings (SSSR count). The van der Waals surface area contributed by atoms with E-state index >= 15 is 0 Å². The Kier molecular flexibility index (Phi) is 7.24. The molecule has 1 N–H and O–H groups in total. The average Bonchev–Trinajstić information content (AvgIpc) is 2.45. The third-order valence-corrected chi connectivity index (χ3v) is 3.53. The van der Waals surface area contributed by atoms with Crippen LogP contribution in [0.2, 0.25) is 0 Å². The van der Waals surface area contributed by atoms with E-state index in [1.807, 2.05) is 11.8 Å². The summed E-state index contributed by atoms with van der Waals surface area (Å²) < 4.78 is 43.1. The van der Waals surface area contributed by atoms with E-state index in [-0.39, 0.29) is 0 Å². The average molecular weight is 310 g/mol. The number of piperazine rings is 1. The van der Waals surface area contributed by atoms with Crippen LogP contribution >= 0.6 is 0 Å². The first-order valence-electron chi connectivity index (χ1n) is 7.23. The normalized spacial score (nSPS) is 19.7. The first kappa shape index (κ1) is 18.0. The summed E-state index contributed by atoms with van der Waals surface area (Å²) in [7, 11) is 1.61. The van der Waals surface area contributed by atoms with Gasteiger partial charge in [0, 0.05) is 39.8 Å². The lowest BCUT2D eigenvalue weighted by Crippen LogP contribution is -2.56. The van der Waals surface area contributed by atoms with Crippen molar-refractivity contribution in [3.05, 3.63) is 0 Å². The Hall–Kier alpha value is -1.02. The maximum absolute atomic E-state index is 12.7. The summed E-state index contributed by atoms with van der Waals surface area (Å²) in [5.74, 6) is 0.744. The first-order chi connectivity index (χ1) is 9.90.